The van der Waals surface area contributed by atoms with Gasteiger partial charge in [-0.15, -0.1) is 0 Å². The van der Waals surface area contributed by atoms with Crippen molar-refractivity contribution in [2.45, 2.75) is 44.7 Å². The second kappa shape index (κ2) is 8.44. The molecule has 22 heavy (non-hydrogen) atoms. The number of carbonyl (C=O) groups excluding carboxylic acids is 2. The molecule has 9 heteroatoms. The van der Waals surface area contributed by atoms with Crippen LogP contribution < -0.4 is 15.8 Å². The quantitative estimate of drug-likeness (QED) is 0.538. The minimum absolute atomic E-state index is 0.105. The van der Waals surface area contributed by atoms with Gasteiger partial charge in [0, 0.05) is 32.1 Å². The SMILES string of the molecule is CC(NS(C)(=O)=O)C(=O)N1CCCCC1CNC(=O)CCN. The van der Waals surface area contributed by atoms with E-state index in [0.717, 1.165) is 25.5 Å². The molecule has 1 aliphatic rings. The van der Waals surface area contributed by atoms with Crippen LogP contribution in [0.2, 0.25) is 0 Å². The number of carbonyl (C=O) groups is 2. The lowest BCUT2D eigenvalue weighted by Crippen LogP contribution is -2.55. The van der Waals surface area contributed by atoms with Gasteiger partial charge in [-0.1, -0.05) is 0 Å². The molecule has 0 aromatic heterocycles. The van der Waals surface area contributed by atoms with Gasteiger partial charge in [0.25, 0.3) is 0 Å². The van der Waals surface area contributed by atoms with Crippen molar-refractivity contribution < 1.29 is 18.0 Å². The molecule has 1 fully saturated rings. The van der Waals surface area contributed by atoms with Crippen molar-refractivity contribution in [3.63, 3.8) is 0 Å². The molecule has 1 aliphatic heterocycles. The van der Waals surface area contributed by atoms with E-state index in [1.165, 1.54) is 6.92 Å². The number of piperidine rings is 1. The Hall–Kier alpha value is -1.19. The third-order valence-electron chi connectivity index (χ3n) is 3.58. The summed E-state index contributed by atoms with van der Waals surface area (Å²) in [7, 11) is -3.44. The van der Waals surface area contributed by atoms with Crippen LogP contribution >= 0.6 is 0 Å². The molecule has 0 aliphatic carbocycles. The van der Waals surface area contributed by atoms with Crippen LogP contribution in [0, 0.1) is 0 Å². The van der Waals surface area contributed by atoms with Gasteiger partial charge in [-0.3, -0.25) is 9.59 Å². The van der Waals surface area contributed by atoms with E-state index >= 15 is 0 Å². The minimum atomic E-state index is -3.44. The Morgan fingerprint density at radius 3 is 2.64 bits per heavy atom. The summed E-state index contributed by atoms with van der Waals surface area (Å²) in [5, 5.41) is 2.77. The highest BCUT2D eigenvalue weighted by atomic mass is 32.2. The summed E-state index contributed by atoms with van der Waals surface area (Å²) in [4.78, 5) is 25.6. The molecule has 0 bridgehead atoms. The molecule has 0 saturated carbocycles. The Morgan fingerprint density at radius 1 is 1.36 bits per heavy atom. The summed E-state index contributed by atoms with van der Waals surface area (Å²) in [6, 6.07) is -0.915. The number of sulfonamides is 1. The van der Waals surface area contributed by atoms with E-state index < -0.39 is 16.1 Å². The first kappa shape index (κ1) is 18.9. The number of nitrogens with two attached hydrogens (primary N) is 1. The van der Waals surface area contributed by atoms with Gasteiger partial charge in [-0.25, -0.2) is 13.1 Å². The van der Waals surface area contributed by atoms with Crippen molar-refractivity contribution in [3.8, 4) is 0 Å². The summed E-state index contributed by atoms with van der Waals surface area (Å²) in [6.07, 6.45) is 3.93. The van der Waals surface area contributed by atoms with E-state index in [2.05, 4.69) is 10.0 Å². The molecule has 2 unspecified atom stereocenters. The summed E-state index contributed by atoms with van der Waals surface area (Å²) >= 11 is 0. The average molecular weight is 334 g/mol. The fourth-order valence-corrected chi connectivity index (χ4v) is 3.32. The molecule has 1 heterocycles. The Bertz CT molecular complexity index is 494. The first-order valence-corrected chi connectivity index (χ1v) is 9.38. The molecule has 0 aromatic carbocycles. The van der Waals surface area contributed by atoms with Crippen molar-refractivity contribution in [1.29, 1.82) is 0 Å². The summed E-state index contributed by atoms with van der Waals surface area (Å²) in [5.41, 5.74) is 5.32. The molecule has 2 atom stereocenters. The molecular weight excluding hydrogens is 308 g/mol. The summed E-state index contributed by atoms with van der Waals surface area (Å²) in [5.74, 6) is -0.397. The van der Waals surface area contributed by atoms with Crippen LogP contribution in [-0.4, -0.2) is 63.1 Å². The number of nitrogens with one attached hydrogen (secondary N) is 2. The first-order valence-electron chi connectivity index (χ1n) is 7.49. The normalized spacial score (nSPS) is 20.5. The molecule has 0 radical (unpaired) electrons. The number of likely N-dealkylation sites (tertiary alicyclic amines) is 1. The second-order valence-electron chi connectivity index (χ2n) is 5.64. The van der Waals surface area contributed by atoms with Gasteiger partial charge in [0.2, 0.25) is 21.8 Å². The fraction of sp³-hybridized carbons (Fsp3) is 0.846. The zero-order chi connectivity index (χ0) is 16.8. The maximum absolute atomic E-state index is 12.4. The van der Waals surface area contributed by atoms with Gasteiger partial charge in [0.15, 0.2) is 0 Å². The van der Waals surface area contributed by atoms with E-state index in [4.69, 9.17) is 5.73 Å². The number of amides is 2. The van der Waals surface area contributed by atoms with Gasteiger partial charge in [-0.05, 0) is 26.2 Å². The van der Waals surface area contributed by atoms with Gasteiger partial charge in [0.05, 0.1) is 12.3 Å². The van der Waals surface area contributed by atoms with Gasteiger partial charge < -0.3 is 16.0 Å². The van der Waals surface area contributed by atoms with Crippen molar-refractivity contribution in [3.05, 3.63) is 0 Å². The summed E-state index contributed by atoms with van der Waals surface area (Å²) in [6.45, 7) is 2.76. The van der Waals surface area contributed by atoms with Crippen LogP contribution in [0.3, 0.4) is 0 Å². The molecule has 128 valence electrons. The van der Waals surface area contributed by atoms with E-state index in [-0.39, 0.29) is 30.8 Å². The van der Waals surface area contributed by atoms with Crippen molar-refractivity contribution in [2.24, 2.45) is 5.73 Å². The highest BCUT2D eigenvalue weighted by molar-refractivity contribution is 7.88. The van der Waals surface area contributed by atoms with Crippen molar-refractivity contribution in [1.82, 2.24) is 14.9 Å². The third-order valence-corrected chi connectivity index (χ3v) is 4.36. The van der Waals surface area contributed by atoms with Crippen LogP contribution in [0.15, 0.2) is 0 Å². The average Bonchev–Trinajstić information content (AvgIpc) is 2.43. The zero-order valence-corrected chi connectivity index (χ0v) is 14.0. The summed E-state index contributed by atoms with van der Waals surface area (Å²) < 4.78 is 24.8. The standard InChI is InChI=1S/C13H26N4O4S/c1-10(16-22(2,20)21)13(19)17-8-4-3-5-11(17)9-15-12(18)6-7-14/h10-11,16H,3-9,14H2,1-2H3,(H,15,18). The number of rotatable bonds is 7. The van der Waals surface area contributed by atoms with E-state index in [1.54, 1.807) is 4.90 Å². The zero-order valence-electron chi connectivity index (χ0n) is 13.2. The molecule has 4 N–H and O–H groups in total. The van der Waals surface area contributed by atoms with Gasteiger partial charge in [0.1, 0.15) is 0 Å². The number of hydrogen-bond donors (Lipinski definition) is 3. The molecule has 1 saturated heterocycles. The fourth-order valence-electron chi connectivity index (χ4n) is 2.57. The van der Waals surface area contributed by atoms with E-state index in [9.17, 15) is 18.0 Å². The Labute approximate surface area is 131 Å². The molecule has 0 aromatic rings. The van der Waals surface area contributed by atoms with Gasteiger partial charge in [-0.2, -0.15) is 0 Å². The molecule has 2 amide bonds. The predicted octanol–water partition coefficient (Wildman–Crippen LogP) is -1.23. The Balaban J connectivity index is 2.64. The van der Waals surface area contributed by atoms with Crippen LogP contribution in [0.1, 0.15) is 32.6 Å². The number of hydrogen-bond acceptors (Lipinski definition) is 5. The topological polar surface area (TPSA) is 122 Å². The second-order valence-corrected chi connectivity index (χ2v) is 7.42. The van der Waals surface area contributed by atoms with Crippen LogP contribution in [0.5, 0.6) is 0 Å². The third kappa shape index (κ3) is 6.29. The molecule has 1 rings (SSSR count). The van der Waals surface area contributed by atoms with Crippen LogP contribution in [0.4, 0.5) is 0 Å². The molecular formula is C13H26N4O4S. The van der Waals surface area contributed by atoms with Crippen molar-refractivity contribution >= 4 is 21.8 Å². The Kier molecular flexibility index (Phi) is 7.24. The van der Waals surface area contributed by atoms with Gasteiger partial charge >= 0.3 is 0 Å². The monoisotopic (exact) mass is 334 g/mol. The van der Waals surface area contributed by atoms with E-state index in [0.29, 0.717) is 13.1 Å². The first-order chi connectivity index (χ1) is 10.2. The van der Waals surface area contributed by atoms with Crippen LogP contribution in [-0.2, 0) is 19.6 Å². The largest absolute Gasteiger partial charge is 0.354 e. The minimum Gasteiger partial charge on any atom is -0.354 e. The lowest BCUT2D eigenvalue weighted by atomic mass is 10.0. The van der Waals surface area contributed by atoms with Crippen molar-refractivity contribution in [2.75, 3.05) is 25.9 Å². The molecule has 0 spiro atoms. The number of nitrogens with zero attached hydrogens (tertiary/aromatic N) is 1. The smallest absolute Gasteiger partial charge is 0.240 e. The molecule has 8 nitrogen and oxygen atoms in total. The highest BCUT2D eigenvalue weighted by Gasteiger charge is 2.30. The van der Waals surface area contributed by atoms with Crippen LogP contribution in [0.25, 0.3) is 0 Å². The van der Waals surface area contributed by atoms with E-state index in [1.807, 2.05) is 0 Å². The predicted molar refractivity (Wildman–Crippen MR) is 83.5 cm³/mol. The maximum atomic E-state index is 12.4. The maximum Gasteiger partial charge on any atom is 0.240 e. The lowest BCUT2D eigenvalue weighted by molar-refractivity contribution is -0.136. The highest BCUT2D eigenvalue weighted by Crippen LogP contribution is 2.17. The lowest BCUT2D eigenvalue weighted by Gasteiger charge is -2.37. The Morgan fingerprint density at radius 2 is 2.05 bits per heavy atom.